The fraction of sp³-hybridized carbons (Fsp3) is 0.667. The molecule has 3 rings (SSSR count). The van der Waals surface area contributed by atoms with E-state index in [4.69, 9.17) is 4.84 Å². The van der Waals surface area contributed by atoms with Crippen molar-refractivity contribution >= 4 is 0 Å². The van der Waals surface area contributed by atoms with Crippen LogP contribution in [0.25, 0.3) is 0 Å². The number of nitrogens with zero attached hydrogens (tertiary/aromatic N) is 2. The van der Waals surface area contributed by atoms with Crippen LogP contribution in [0.15, 0.2) is 41.6 Å². The van der Waals surface area contributed by atoms with Gasteiger partial charge < -0.3 is 4.90 Å². The second-order valence-corrected chi connectivity index (χ2v) is 8.30. The average Bonchev–Trinajstić information content (AvgIpc) is 2.74. The van der Waals surface area contributed by atoms with E-state index in [2.05, 4.69) is 52.5 Å². The van der Waals surface area contributed by atoms with Gasteiger partial charge >= 0.3 is 0 Å². The Labute approximate surface area is 171 Å². The highest BCUT2D eigenvalue weighted by Gasteiger charge is 2.16. The normalized spacial score (nSPS) is 19.2. The standard InChI is InChI=1S/C24H39N3O/c1-2-3-12-23-13-7-8-14-24(23)25-28-20-9-15-26-16-18-27(19-17-26)21-22-10-5-4-6-11-22/h4-6,10-11,25H,2-3,7-9,12-21H2,1H3. The zero-order valence-electron chi connectivity index (χ0n) is 17.8. The molecule has 0 atom stereocenters. The van der Waals surface area contributed by atoms with Crippen molar-refractivity contribution < 1.29 is 4.84 Å². The molecule has 1 aliphatic heterocycles. The van der Waals surface area contributed by atoms with Crippen LogP contribution < -0.4 is 5.48 Å². The largest absolute Gasteiger partial charge is 0.301 e. The maximum Gasteiger partial charge on any atom is 0.0758 e. The summed E-state index contributed by atoms with van der Waals surface area (Å²) < 4.78 is 0. The minimum Gasteiger partial charge on any atom is -0.301 e. The van der Waals surface area contributed by atoms with Crippen LogP contribution in [0.5, 0.6) is 0 Å². The average molecular weight is 386 g/mol. The number of rotatable bonds is 11. The maximum atomic E-state index is 5.83. The molecule has 0 saturated carbocycles. The first-order valence-corrected chi connectivity index (χ1v) is 11.4. The van der Waals surface area contributed by atoms with Gasteiger partial charge in [-0.2, -0.15) is 0 Å². The van der Waals surface area contributed by atoms with Gasteiger partial charge in [-0.05, 0) is 56.1 Å². The Hall–Kier alpha value is -1.36. The van der Waals surface area contributed by atoms with E-state index in [1.165, 1.54) is 82.4 Å². The molecule has 1 N–H and O–H groups in total. The number of hydroxylamine groups is 1. The predicted octanol–water partition coefficient (Wildman–Crippen LogP) is 4.73. The topological polar surface area (TPSA) is 27.7 Å². The van der Waals surface area contributed by atoms with E-state index in [1.807, 2.05) is 0 Å². The number of piperazine rings is 1. The molecule has 0 aromatic heterocycles. The van der Waals surface area contributed by atoms with Gasteiger partial charge in [0.1, 0.15) is 0 Å². The summed E-state index contributed by atoms with van der Waals surface area (Å²) in [6, 6.07) is 10.8. The summed E-state index contributed by atoms with van der Waals surface area (Å²) in [6.07, 6.45) is 10.0. The third-order valence-corrected chi connectivity index (χ3v) is 6.04. The molecule has 156 valence electrons. The highest BCUT2D eigenvalue weighted by molar-refractivity contribution is 5.15. The van der Waals surface area contributed by atoms with E-state index in [0.717, 1.165) is 26.1 Å². The van der Waals surface area contributed by atoms with Crippen LogP contribution in [0.4, 0.5) is 0 Å². The lowest BCUT2D eigenvalue weighted by Crippen LogP contribution is -2.46. The SMILES string of the molecule is CCCCC1=C(NOCCCN2CCN(Cc3ccccc3)CC2)CCCC1. The van der Waals surface area contributed by atoms with Crippen LogP contribution in [0, 0.1) is 0 Å². The Morgan fingerprint density at radius 1 is 0.929 bits per heavy atom. The van der Waals surface area contributed by atoms with Crippen molar-refractivity contribution in [3.05, 3.63) is 47.2 Å². The quantitative estimate of drug-likeness (QED) is 0.440. The molecule has 4 nitrogen and oxygen atoms in total. The lowest BCUT2D eigenvalue weighted by molar-refractivity contribution is 0.0460. The molecule has 4 heteroatoms. The molecule has 0 radical (unpaired) electrons. The first-order chi connectivity index (χ1) is 13.8. The molecule has 1 aromatic carbocycles. The molecule has 0 bridgehead atoms. The fourth-order valence-corrected chi connectivity index (χ4v) is 4.27. The summed E-state index contributed by atoms with van der Waals surface area (Å²) in [7, 11) is 0. The molecule has 1 aromatic rings. The minimum absolute atomic E-state index is 0.800. The molecule has 0 amide bonds. The molecule has 1 aliphatic carbocycles. The van der Waals surface area contributed by atoms with Gasteiger partial charge in [-0.15, -0.1) is 0 Å². The van der Waals surface area contributed by atoms with Crippen molar-refractivity contribution in [1.82, 2.24) is 15.3 Å². The van der Waals surface area contributed by atoms with E-state index in [9.17, 15) is 0 Å². The Bertz CT molecular complexity index is 579. The lowest BCUT2D eigenvalue weighted by atomic mass is 9.93. The number of hydrogen-bond donors (Lipinski definition) is 1. The first kappa shape index (κ1) is 21.4. The van der Waals surface area contributed by atoms with Gasteiger partial charge in [0.15, 0.2) is 0 Å². The smallest absolute Gasteiger partial charge is 0.0758 e. The number of hydrogen-bond acceptors (Lipinski definition) is 4. The zero-order valence-corrected chi connectivity index (χ0v) is 17.8. The maximum absolute atomic E-state index is 5.83. The Balaban J connectivity index is 1.27. The number of allylic oxidation sites excluding steroid dienone is 2. The van der Waals surface area contributed by atoms with E-state index in [1.54, 1.807) is 5.57 Å². The highest BCUT2D eigenvalue weighted by Crippen LogP contribution is 2.26. The summed E-state index contributed by atoms with van der Waals surface area (Å²) in [6.45, 7) is 9.98. The van der Waals surface area contributed by atoms with Crippen LogP contribution >= 0.6 is 0 Å². The highest BCUT2D eigenvalue weighted by atomic mass is 16.6. The molecule has 1 saturated heterocycles. The van der Waals surface area contributed by atoms with Crippen molar-refractivity contribution in [2.24, 2.45) is 0 Å². The van der Waals surface area contributed by atoms with E-state index >= 15 is 0 Å². The van der Waals surface area contributed by atoms with Crippen LogP contribution in [0.2, 0.25) is 0 Å². The van der Waals surface area contributed by atoms with Crippen molar-refractivity contribution in [3.63, 3.8) is 0 Å². The van der Waals surface area contributed by atoms with E-state index in [-0.39, 0.29) is 0 Å². The third-order valence-electron chi connectivity index (χ3n) is 6.04. The third kappa shape index (κ3) is 7.23. The Morgan fingerprint density at radius 2 is 1.68 bits per heavy atom. The summed E-state index contributed by atoms with van der Waals surface area (Å²) in [4.78, 5) is 11.0. The zero-order chi connectivity index (χ0) is 19.4. The summed E-state index contributed by atoms with van der Waals surface area (Å²) in [5, 5.41) is 0. The minimum atomic E-state index is 0.800. The van der Waals surface area contributed by atoms with Crippen LogP contribution in [0.1, 0.15) is 63.9 Å². The second kappa shape index (κ2) is 12.3. The molecule has 1 heterocycles. The van der Waals surface area contributed by atoms with Gasteiger partial charge in [-0.1, -0.05) is 43.7 Å². The van der Waals surface area contributed by atoms with Crippen molar-refractivity contribution in [3.8, 4) is 0 Å². The van der Waals surface area contributed by atoms with E-state index < -0.39 is 0 Å². The Morgan fingerprint density at radius 3 is 2.46 bits per heavy atom. The second-order valence-electron chi connectivity index (χ2n) is 8.30. The summed E-state index contributed by atoms with van der Waals surface area (Å²) >= 11 is 0. The fourth-order valence-electron chi connectivity index (χ4n) is 4.27. The van der Waals surface area contributed by atoms with Crippen LogP contribution in [-0.2, 0) is 11.4 Å². The molecule has 2 aliphatic rings. The molecule has 0 spiro atoms. The molecular weight excluding hydrogens is 346 g/mol. The molecule has 1 fully saturated rings. The van der Waals surface area contributed by atoms with Crippen molar-refractivity contribution in [2.45, 2.75) is 64.8 Å². The van der Waals surface area contributed by atoms with Crippen molar-refractivity contribution in [2.75, 3.05) is 39.3 Å². The van der Waals surface area contributed by atoms with Gasteiger partial charge in [0.25, 0.3) is 0 Å². The van der Waals surface area contributed by atoms with Gasteiger partial charge in [-0.25, -0.2) is 0 Å². The monoisotopic (exact) mass is 385 g/mol. The molecule has 0 unspecified atom stereocenters. The number of nitrogens with one attached hydrogen (secondary N) is 1. The molecular formula is C24H39N3O. The van der Waals surface area contributed by atoms with Gasteiger partial charge in [0.05, 0.1) is 6.61 Å². The van der Waals surface area contributed by atoms with E-state index in [0.29, 0.717) is 0 Å². The number of benzene rings is 1. The first-order valence-electron chi connectivity index (χ1n) is 11.4. The molecule has 28 heavy (non-hydrogen) atoms. The summed E-state index contributed by atoms with van der Waals surface area (Å²) in [5.74, 6) is 0. The number of unbranched alkanes of at least 4 members (excludes halogenated alkanes) is 1. The van der Waals surface area contributed by atoms with Gasteiger partial charge in [-0.3, -0.25) is 15.2 Å². The summed E-state index contributed by atoms with van der Waals surface area (Å²) in [5.41, 5.74) is 7.72. The van der Waals surface area contributed by atoms with Gasteiger partial charge in [0.2, 0.25) is 0 Å². The van der Waals surface area contributed by atoms with Crippen LogP contribution in [-0.4, -0.2) is 49.1 Å². The predicted molar refractivity (Wildman–Crippen MR) is 117 cm³/mol. The lowest BCUT2D eigenvalue weighted by Gasteiger charge is -2.34. The van der Waals surface area contributed by atoms with Gasteiger partial charge in [0, 0.05) is 45.0 Å². The van der Waals surface area contributed by atoms with Crippen molar-refractivity contribution in [1.29, 1.82) is 0 Å². The van der Waals surface area contributed by atoms with Crippen LogP contribution in [0.3, 0.4) is 0 Å². The Kier molecular flexibility index (Phi) is 9.35.